The van der Waals surface area contributed by atoms with Crippen molar-refractivity contribution in [3.63, 3.8) is 0 Å². The van der Waals surface area contributed by atoms with E-state index in [1.165, 1.54) is 19.3 Å². The lowest BCUT2D eigenvalue weighted by atomic mass is 9.94. The number of alkyl halides is 1. The fourth-order valence-electron chi connectivity index (χ4n) is 2.45. The van der Waals surface area contributed by atoms with Gasteiger partial charge in [0.15, 0.2) is 0 Å². The van der Waals surface area contributed by atoms with Gasteiger partial charge in [-0.3, -0.25) is 0 Å². The van der Waals surface area contributed by atoms with E-state index in [2.05, 4.69) is 45.7 Å². The van der Waals surface area contributed by atoms with Gasteiger partial charge in [0.05, 0.1) is 0 Å². The Morgan fingerprint density at radius 2 is 1.50 bits per heavy atom. The van der Waals surface area contributed by atoms with Crippen LogP contribution in [0.1, 0.15) is 71.9 Å². The monoisotopic (exact) mass is 408 g/mol. The third kappa shape index (κ3) is 12.2. The third-order valence-corrected chi connectivity index (χ3v) is 4.58. The van der Waals surface area contributed by atoms with E-state index < -0.39 is 5.67 Å². The zero-order chi connectivity index (χ0) is 23.2. The van der Waals surface area contributed by atoms with Gasteiger partial charge in [-0.1, -0.05) is 113 Å². The molecule has 1 aliphatic carbocycles. The first kappa shape index (κ1) is 27.6. The maximum atomic E-state index is 14.1. The first-order valence-electron chi connectivity index (χ1n) is 10.9. The Morgan fingerprint density at radius 3 is 1.77 bits per heavy atom. The van der Waals surface area contributed by atoms with Crippen molar-refractivity contribution in [3.05, 3.63) is 97.2 Å². The first-order valence-corrected chi connectivity index (χ1v) is 10.9. The second kappa shape index (κ2) is 14.6. The van der Waals surface area contributed by atoms with E-state index in [0.29, 0.717) is 11.5 Å². The van der Waals surface area contributed by atoms with Crippen LogP contribution in [-0.2, 0) is 0 Å². The molecule has 0 saturated heterocycles. The molecule has 0 aliphatic heterocycles. The molecule has 1 aromatic carbocycles. The molecule has 1 aromatic rings. The Morgan fingerprint density at radius 1 is 1.00 bits per heavy atom. The number of unbranched alkanes of at least 4 members (excludes halogenated alkanes) is 2. The third-order valence-electron chi connectivity index (χ3n) is 4.58. The van der Waals surface area contributed by atoms with Crippen LogP contribution in [0, 0.1) is 5.92 Å². The number of rotatable bonds is 8. The molecule has 0 spiro atoms. The molecular formula is C29H41F. The van der Waals surface area contributed by atoms with Crippen LogP contribution in [0.2, 0.25) is 0 Å². The van der Waals surface area contributed by atoms with Crippen LogP contribution >= 0.6 is 0 Å². The van der Waals surface area contributed by atoms with Gasteiger partial charge in [-0.2, -0.15) is 0 Å². The number of halogens is 1. The van der Waals surface area contributed by atoms with Crippen LogP contribution in [0.25, 0.3) is 11.1 Å². The molecule has 0 atom stereocenters. The highest BCUT2D eigenvalue weighted by molar-refractivity contribution is 5.70. The molecule has 2 rings (SSSR count). The molecule has 164 valence electrons. The fraction of sp³-hybridized carbons (Fsp3) is 0.379. The van der Waals surface area contributed by atoms with E-state index in [9.17, 15) is 4.39 Å². The number of allylic oxidation sites excluding steroid dienone is 9. The highest BCUT2D eigenvalue weighted by Gasteiger charge is 2.19. The molecule has 0 bridgehead atoms. The van der Waals surface area contributed by atoms with E-state index in [1.54, 1.807) is 26.0 Å². The minimum Gasteiger partial charge on any atom is -0.239 e. The van der Waals surface area contributed by atoms with Crippen molar-refractivity contribution in [3.8, 4) is 0 Å². The summed E-state index contributed by atoms with van der Waals surface area (Å²) in [4.78, 5) is 0. The number of benzene rings is 1. The van der Waals surface area contributed by atoms with Crippen molar-refractivity contribution < 1.29 is 4.39 Å². The molecule has 0 radical (unpaired) electrons. The number of hydrogen-bond acceptors (Lipinski definition) is 0. The molecule has 0 N–H and O–H groups in total. The molecule has 0 unspecified atom stereocenters. The van der Waals surface area contributed by atoms with Crippen LogP contribution < -0.4 is 0 Å². The quantitative estimate of drug-likeness (QED) is 0.297. The first-order chi connectivity index (χ1) is 14.1. The molecule has 0 fully saturated rings. The van der Waals surface area contributed by atoms with E-state index in [-0.39, 0.29) is 0 Å². The van der Waals surface area contributed by atoms with Gasteiger partial charge in [0.25, 0.3) is 0 Å². The van der Waals surface area contributed by atoms with Crippen molar-refractivity contribution in [2.24, 2.45) is 5.92 Å². The van der Waals surface area contributed by atoms with Crippen LogP contribution in [-0.4, -0.2) is 5.67 Å². The summed E-state index contributed by atoms with van der Waals surface area (Å²) in [6.07, 6.45) is 15.4. The summed E-state index contributed by atoms with van der Waals surface area (Å²) in [7, 11) is 0. The van der Waals surface area contributed by atoms with E-state index in [1.807, 2.05) is 50.3 Å². The predicted octanol–water partition coefficient (Wildman–Crippen LogP) is 9.54. The van der Waals surface area contributed by atoms with Gasteiger partial charge in [0, 0.05) is 5.92 Å². The lowest BCUT2D eigenvalue weighted by Crippen LogP contribution is -2.14. The largest absolute Gasteiger partial charge is 0.239 e. The Labute approximate surface area is 185 Å². The zero-order valence-corrected chi connectivity index (χ0v) is 20.0. The molecule has 0 nitrogen and oxygen atoms in total. The maximum Gasteiger partial charge on any atom is 0.130 e. The number of hydrogen-bond donors (Lipinski definition) is 0. The van der Waals surface area contributed by atoms with Gasteiger partial charge < -0.3 is 0 Å². The molecule has 1 heteroatoms. The Balaban J connectivity index is 0.000000684. The smallest absolute Gasteiger partial charge is 0.130 e. The topological polar surface area (TPSA) is 0 Å². The molecule has 30 heavy (non-hydrogen) atoms. The Kier molecular flexibility index (Phi) is 13.4. The summed E-state index contributed by atoms with van der Waals surface area (Å²) in [6, 6.07) is 8.14. The summed E-state index contributed by atoms with van der Waals surface area (Å²) in [5, 5.41) is 0. The lowest BCUT2D eigenvalue weighted by molar-refractivity contribution is 0.274. The van der Waals surface area contributed by atoms with Crippen LogP contribution in [0.4, 0.5) is 4.39 Å². The molecule has 0 saturated carbocycles. The fourth-order valence-corrected chi connectivity index (χ4v) is 2.45. The van der Waals surface area contributed by atoms with E-state index in [4.69, 9.17) is 0 Å². The SMILES string of the molecule is C=C/C=C(\C=C(/C)c1ccc(C(=C)C)cc1)C(C)(C)F.C=CC1C=C1.CCCCC. The van der Waals surface area contributed by atoms with Gasteiger partial charge in [0.2, 0.25) is 0 Å². The second-order valence-electron chi connectivity index (χ2n) is 8.07. The minimum absolute atomic E-state index is 0.619. The summed E-state index contributed by atoms with van der Waals surface area (Å²) >= 11 is 0. The second-order valence-corrected chi connectivity index (χ2v) is 8.07. The maximum absolute atomic E-state index is 14.1. The highest BCUT2D eigenvalue weighted by Crippen LogP contribution is 2.26. The van der Waals surface area contributed by atoms with Crippen LogP contribution in [0.15, 0.2) is 86.0 Å². The van der Waals surface area contributed by atoms with E-state index >= 15 is 0 Å². The molecule has 0 aromatic heterocycles. The van der Waals surface area contributed by atoms with Crippen molar-refractivity contribution in [1.29, 1.82) is 0 Å². The van der Waals surface area contributed by atoms with E-state index in [0.717, 1.165) is 22.3 Å². The Bertz CT molecular complexity index is 741. The normalized spacial score (nSPS) is 13.4. The van der Waals surface area contributed by atoms with Gasteiger partial charge in [-0.25, -0.2) is 4.39 Å². The molecule has 0 heterocycles. The predicted molar refractivity (Wildman–Crippen MR) is 136 cm³/mol. The van der Waals surface area contributed by atoms with Crippen molar-refractivity contribution in [1.82, 2.24) is 0 Å². The van der Waals surface area contributed by atoms with Crippen LogP contribution in [0.5, 0.6) is 0 Å². The lowest BCUT2D eigenvalue weighted by Gasteiger charge is -2.16. The average Bonchev–Trinajstić information content (AvgIpc) is 3.53. The highest BCUT2D eigenvalue weighted by atomic mass is 19.1. The van der Waals surface area contributed by atoms with Crippen molar-refractivity contribution in [2.45, 2.75) is 66.5 Å². The standard InChI is InChI=1S/C19H23F.C5H6.C5H12/c1-7-8-18(19(5,6)20)13-15(4)17-11-9-16(10-12-17)14(2)3;1-2-5-3-4-5;1-3-5-4-2/h7-13H,1-2H2,3-6H3;2-5H,1H2;3-5H2,1-2H3/b15-13+,18-8+;;. The Hall–Kier alpha value is -2.41. The van der Waals surface area contributed by atoms with Gasteiger partial charge >= 0.3 is 0 Å². The summed E-state index contributed by atoms with van der Waals surface area (Å²) in [5.41, 5.74) is 3.50. The summed E-state index contributed by atoms with van der Waals surface area (Å²) in [6.45, 7) is 22.6. The molecule has 1 aliphatic rings. The minimum atomic E-state index is -1.38. The molecular weight excluding hydrogens is 367 g/mol. The average molecular weight is 409 g/mol. The summed E-state index contributed by atoms with van der Waals surface area (Å²) < 4.78 is 14.1. The van der Waals surface area contributed by atoms with Gasteiger partial charge in [-0.15, -0.1) is 6.58 Å². The zero-order valence-electron chi connectivity index (χ0n) is 20.0. The van der Waals surface area contributed by atoms with Crippen LogP contribution in [0.3, 0.4) is 0 Å². The summed E-state index contributed by atoms with van der Waals surface area (Å²) in [5.74, 6) is 0.648. The van der Waals surface area contributed by atoms with Crippen molar-refractivity contribution in [2.75, 3.05) is 0 Å². The van der Waals surface area contributed by atoms with Crippen molar-refractivity contribution >= 4 is 11.1 Å². The molecule has 0 amide bonds. The van der Waals surface area contributed by atoms with Gasteiger partial charge in [-0.05, 0) is 50.0 Å². The van der Waals surface area contributed by atoms with Gasteiger partial charge in [0.1, 0.15) is 5.67 Å².